The van der Waals surface area contributed by atoms with Crippen molar-refractivity contribution in [3.63, 3.8) is 0 Å². The van der Waals surface area contributed by atoms with Crippen molar-refractivity contribution in [2.24, 2.45) is 5.92 Å². The predicted octanol–water partition coefficient (Wildman–Crippen LogP) is 4.91. The zero-order chi connectivity index (χ0) is 24.7. The number of benzene rings is 1. The highest BCUT2D eigenvalue weighted by molar-refractivity contribution is 5.28. The fraction of sp³-hybridized carbons (Fsp3) is 0.667. The summed E-state index contributed by atoms with van der Waals surface area (Å²) in [4.78, 5) is 4.87. The van der Waals surface area contributed by atoms with E-state index in [0.717, 1.165) is 64.9 Å². The number of aromatic nitrogens is 1. The third-order valence-corrected chi connectivity index (χ3v) is 7.76. The Kier molecular flexibility index (Phi) is 9.46. The van der Waals surface area contributed by atoms with Gasteiger partial charge in [0.25, 0.3) is 0 Å². The Balaban J connectivity index is 1.40. The molecule has 1 N–H and O–H groups in total. The predicted molar refractivity (Wildman–Crippen MR) is 144 cm³/mol. The lowest BCUT2D eigenvalue weighted by molar-refractivity contribution is 0.00431. The molecule has 5 heteroatoms. The van der Waals surface area contributed by atoms with Crippen LogP contribution in [0, 0.1) is 5.92 Å². The van der Waals surface area contributed by atoms with Crippen LogP contribution in [-0.4, -0.2) is 71.5 Å². The molecule has 1 aliphatic carbocycles. The van der Waals surface area contributed by atoms with E-state index in [1.807, 2.05) is 0 Å². The molecule has 0 amide bonds. The minimum absolute atomic E-state index is 0.179. The number of morpholine rings is 1. The van der Waals surface area contributed by atoms with E-state index in [9.17, 15) is 5.11 Å². The standard InChI is InChI=1S/C30H47N3O2/c1-30(2,3)27-13-11-26(12-14-27)21-33-15-7-10-28(33)22-32(20-25-8-5-4-6-9-25)24-29(34)23-31-16-18-35-19-17-31/h7,10-15,25,29,34H,4-6,8-9,16-24H2,1-3H3. The number of hydrogen-bond donors (Lipinski definition) is 1. The molecule has 35 heavy (non-hydrogen) atoms. The van der Waals surface area contributed by atoms with Crippen molar-refractivity contribution < 1.29 is 9.84 Å². The number of nitrogens with zero attached hydrogens (tertiary/aromatic N) is 3. The quantitative estimate of drug-likeness (QED) is 0.524. The van der Waals surface area contributed by atoms with Gasteiger partial charge in [-0.1, -0.05) is 64.3 Å². The smallest absolute Gasteiger partial charge is 0.0793 e. The van der Waals surface area contributed by atoms with E-state index in [1.54, 1.807) is 0 Å². The van der Waals surface area contributed by atoms with Crippen LogP contribution in [-0.2, 0) is 23.2 Å². The molecule has 2 aromatic rings. The Morgan fingerprint density at radius 2 is 1.74 bits per heavy atom. The Bertz CT molecular complexity index is 874. The molecule has 2 fully saturated rings. The van der Waals surface area contributed by atoms with Crippen molar-refractivity contribution in [2.75, 3.05) is 45.9 Å². The summed E-state index contributed by atoms with van der Waals surface area (Å²) in [6.45, 7) is 14.6. The van der Waals surface area contributed by atoms with E-state index in [1.165, 1.54) is 48.9 Å². The van der Waals surface area contributed by atoms with E-state index in [0.29, 0.717) is 0 Å². The highest BCUT2D eigenvalue weighted by atomic mass is 16.5. The number of β-amino-alcohol motifs (C(OH)–C–C–N with tert-alkyl or cyclic N) is 1. The molecule has 0 radical (unpaired) electrons. The van der Waals surface area contributed by atoms with Crippen molar-refractivity contribution in [1.82, 2.24) is 14.4 Å². The van der Waals surface area contributed by atoms with Gasteiger partial charge < -0.3 is 14.4 Å². The zero-order valence-corrected chi connectivity index (χ0v) is 22.3. The summed E-state index contributed by atoms with van der Waals surface area (Å²) in [5, 5.41) is 11.0. The molecule has 194 valence electrons. The molecule has 1 saturated carbocycles. The third-order valence-electron chi connectivity index (χ3n) is 7.76. The van der Waals surface area contributed by atoms with Gasteiger partial charge in [0.15, 0.2) is 0 Å². The van der Waals surface area contributed by atoms with Crippen LogP contribution in [0.5, 0.6) is 0 Å². The Labute approximate surface area is 213 Å². The molecule has 1 aromatic heterocycles. The van der Waals surface area contributed by atoms with Crippen molar-refractivity contribution in [2.45, 2.75) is 77.5 Å². The first-order valence-corrected chi connectivity index (χ1v) is 13.8. The lowest BCUT2D eigenvalue weighted by Gasteiger charge is -2.33. The molecule has 1 aromatic carbocycles. The first-order valence-electron chi connectivity index (χ1n) is 13.8. The average molecular weight is 482 g/mol. The molecule has 1 saturated heterocycles. The zero-order valence-electron chi connectivity index (χ0n) is 22.3. The van der Waals surface area contributed by atoms with Gasteiger partial charge in [0.2, 0.25) is 0 Å². The highest BCUT2D eigenvalue weighted by Crippen LogP contribution is 2.26. The lowest BCUT2D eigenvalue weighted by atomic mass is 9.87. The number of ether oxygens (including phenoxy) is 1. The van der Waals surface area contributed by atoms with E-state index in [4.69, 9.17) is 4.74 Å². The van der Waals surface area contributed by atoms with Gasteiger partial charge in [-0.15, -0.1) is 0 Å². The second-order valence-corrected chi connectivity index (χ2v) is 11.8. The van der Waals surface area contributed by atoms with E-state index >= 15 is 0 Å². The van der Waals surface area contributed by atoms with Gasteiger partial charge in [-0.2, -0.15) is 0 Å². The van der Waals surface area contributed by atoms with Gasteiger partial charge in [-0.05, 0) is 47.4 Å². The van der Waals surface area contributed by atoms with Crippen molar-refractivity contribution in [3.05, 3.63) is 59.4 Å². The maximum atomic E-state index is 11.0. The first-order chi connectivity index (χ1) is 16.9. The summed E-state index contributed by atoms with van der Waals surface area (Å²) in [7, 11) is 0. The van der Waals surface area contributed by atoms with Crippen molar-refractivity contribution in [3.8, 4) is 0 Å². The summed E-state index contributed by atoms with van der Waals surface area (Å²) in [5.41, 5.74) is 4.22. The summed E-state index contributed by atoms with van der Waals surface area (Å²) < 4.78 is 7.86. The van der Waals surface area contributed by atoms with Gasteiger partial charge in [0.05, 0.1) is 19.3 Å². The molecular formula is C30H47N3O2. The normalized spacial score (nSPS) is 19.3. The van der Waals surface area contributed by atoms with Gasteiger partial charge in [-0.3, -0.25) is 9.80 Å². The lowest BCUT2D eigenvalue weighted by Crippen LogP contribution is -2.45. The molecule has 4 rings (SSSR count). The average Bonchev–Trinajstić information content (AvgIpc) is 3.26. The van der Waals surface area contributed by atoms with Crippen molar-refractivity contribution >= 4 is 0 Å². The second kappa shape index (κ2) is 12.5. The fourth-order valence-electron chi connectivity index (χ4n) is 5.66. The number of rotatable bonds is 10. The summed E-state index contributed by atoms with van der Waals surface area (Å²) in [5.74, 6) is 0.757. The van der Waals surface area contributed by atoms with Crippen LogP contribution in [0.15, 0.2) is 42.6 Å². The SMILES string of the molecule is CC(C)(C)c1ccc(Cn2cccc2CN(CC(O)CN2CCOCC2)CC2CCCCC2)cc1. The van der Waals surface area contributed by atoms with Crippen LogP contribution < -0.4 is 0 Å². The highest BCUT2D eigenvalue weighted by Gasteiger charge is 2.22. The molecule has 2 heterocycles. The maximum Gasteiger partial charge on any atom is 0.0793 e. The molecule has 1 atom stereocenters. The van der Waals surface area contributed by atoms with Gasteiger partial charge in [0, 0.05) is 57.7 Å². The summed E-state index contributed by atoms with van der Waals surface area (Å²) in [6, 6.07) is 13.5. The minimum Gasteiger partial charge on any atom is -0.390 e. The van der Waals surface area contributed by atoms with E-state index in [-0.39, 0.29) is 11.5 Å². The number of aliphatic hydroxyl groups is 1. The summed E-state index contributed by atoms with van der Waals surface area (Å²) >= 11 is 0. The molecule has 1 unspecified atom stereocenters. The summed E-state index contributed by atoms with van der Waals surface area (Å²) in [6.07, 6.45) is 8.63. The number of aliphatic hydroxyl groups excluding tert-OH is 1. The monoisotopic (exact) mass is 481 g/mol. The largest absolute Gasteiger partial charge is 0.390 e. The molecule has 5 nitrogen and oxygen atoms in total. The van der Waals surface area contributed by atoms with Gasteiger partial charge in [-0.25, -0.2) is 0 Å². The van der Waals surface area contributed by atoms with Crippen LogP contribution in [0.4, 0.5) is 0 Å². The van der Waals surface area contributed by atoms with Crippen LogP contribution in [0.25, 0.3) is 0 Å². The second-order valence-electron chi connectivity index (χ2n) is 11.8. The molecule has 2 aliphatic rings. The number of hydrogen-bond acceptors (Lipinski definition) is 4. The maximum absolute atomic E-state index is 11.0. The van der Waals surface area contributed by atoms with Crippen LogP contribution in [0.1, 0.15) is 69.7 Å². The topological polar surface area (TPSA) is 40.9 Å². The third kappa shape index (κ3) is 8.18. The Hall–Kier alpha value is -1.66. The minimum atomic E-state index is -0.329. The van der Waals surface area contributed by atoms with Gasteiger partial charge >= 0.3 is 0 Å². The molecule has 1 aliphatic heterocycles. The molecule has 0 bridgehead atoms. The van der Waals surface area contributed by atoms with Crippen LogP contribution >= 0.6 is 0 Å². The van der Waals surface area contributed by atoms with Gasteiger partial charge in [0.1, 0.15) is 0 Å². The van der Waals surface area contributed by atoms with E-state index < -0.39 is 0 Å². The fourth-order valence-corrected chi connectivity index (χ4v) is 5.66. The first kappa shape index (κ1) is 26.4. The van der Waals surface area contributed by atoms with E-state index in [2.05, 4.69) is 77.7 Å². The Morgan fingerprint density at radius 1 is 1.03 bits per heavy atom. The molecular weight excluding hydrogens is 434 g/mol. The van der Waals surface area contributed by atoms with Crippen LogP contribution in [0.2, 0.25) is 0 Å². The van der Waals surface area contributed by atoms with Crippen LogP contribution in [0.3, 0.4) is 0 Å². The molecule has 0 spiro atoms. The van der Waals surface area contributed by atoms with Crippen molar-refractivity contribution in [1.29, 1.82) is 0 Å². The Morgan fingerprint density at radius 3 is 2.43 bits per heavy atom.